The predicted octanol–water partition coefficient (Wildman–Crippen LogP) is 0.109. The van der Waals surface area contributed by atoms with Crippen molar-refractivity contribution in [1.29, 1.82) is 0 Å². The average Bonchev–Trinajstić information content (AvgIpc) is 2.32. The molecule has 0 radical (unpaired) electrons. The van der Waals surface area contributed by atoms with Crippen molar-refractivity contribution in [2.75, 3.05) is 40.1 Å². The van der Waals surface area contributed by atoms with E-state index in [0.29, 0.717) is 26.4 Å². The third-order valence-corrected chi connectivity index (χ3v) is 1.89. The van der Waals surface area contributed by atoms with E-state index in [1.165, 1.54) is 0 Å². The number of unbranched alkanes of at least 4 members (excludes halogenated alkanes) is 1. The van der Waals surface area contributed by atoms with Gasteiger partial charge in [-0.2, -0.15) is 0 Å². The molecule has 0 unspecified atom stereocenters. The summed E-state index contributed by atoms with van der Waals surface area (Å²) in [6.07, 6.45) is 1.59. The van der Waals surface area contributed by atoms with Crippen molar-refractivity contribution in [3.63, 3.8) is 0 Å². The second-order valence-electron chi connectivity index (χ2n) is 3.29. The summed E-state index contributed by atoms with van der Waals surface area (Å²) in [7, 11) is 1.62. The molecule has 0 aliphatic heterocycles. The topological polar surface area (TPSA) is 73.9 Å². The second-order valence-corrected chi connectivity index (χ2v) is 3.29. The minimum absolute atomic E-state index is 0.208. The minimum Gasteiger partial charge on any atom is -0.459 e. The van der Waals surface area contributed by atoms with Crippen LogP contribution in [0.25, 0.3) is 0 Å². The Hall–Kier alpha value is -1.14. The zero-order valence-corrected chi connectivity index (χ0v) is 10.5. The van der Waals surface area contributed by atoms with Gasteiger partial charge < -0.3 is 19.5 Å². The highest BCUT2D eigenvalue weighted by Gasteiger charge is 2.12. The van der Waals surface area contributed by atoms with Crippen molar-refractivity contribution >= 4 is 11.9 Å². The van der Waals surface area contributed by atoms with Crippen LogP contribution in [-0.4, -0.2) is 52.0 Å². The van der Waals surface area contributed by atoms with Crippen molar-refractivity contribution < 1.29 is 23.8 Å². The van der Waals surface area contributed by atoms with Gasteiger partial charge in [-0.15, -0.1) is 0 Å². The maximum absolute atomic E-state index is 11.1. The van der Waals surface area contributed by atoms with Crippen LogP contribution >= 0.6 is 0 Å². The Morgan fingerprint density at radius 2 is 1.88 bits per heavy atom. The van der Waals surface area contributed by atoms with Crippen LogP contribution < -0.4 is 5.32 Å². The van der Waals surface area contributed by atoms with Crippen LogP contribution in [0.1, 0.15) is 19.8 Å². The zero-order valence-electron chi connectivity index (χ0n) is 10.5. The number of carbonyl (C=O) groups is 2. The molecule has 0 heterocycles. The monoisotopic (exact) mass is 247 g/mol. The zero-order chi connectivity index (χ0) is 12.9. The van der Waals surface area contributed by atoms with Crippen molar-refractivity contribution in [2.24, 2.45) is 0 Å². The SMILES string of the molecule is CCOC(=O)C(=O)NCCCCOCCOC. The molecule has 0 rings (SSSR count). The quantitative estimate of drug-likeness (QED) is 0.355. The van der Waals surface area contributed by atoms with Gasteiger partial charge in [-0.1, -0.05) is 0 Å². The molecule has 1 amide bonds. The van der Waals surface area contributed by atoms with Gasteiger partial charge in [-0.3, -0.25) is 4.79 Å². The number of hydrogen-bond donors (Lipinski definition) is 1. The lowest BCUT2D eigenvalue weighted by atomic mass is 10.3. The molecule has 1 N–H and O–H groups in total. The number of esters is 1. The number of ether oxygens (including phenoxy) is 3. The van der Waals surface area contributed by atoms with Crippen LogP contribution in [0.4, 0.5) is 0 Å². The van der Waals surface area contributed by atoms with Gasteiger partial charge in [0.15, 0.2) is 0 Å². The summed E-state index contributed by atoms with van der Waals surface area (Å²) < 4.78 is 14.6. The van der Waals surface area contributed by atoms with Gasteiger partial charge in [0.25, 0.3) is 0 Å². The first-order chi connectivity index (χ1) is 8.22. The van der Waals surface area contributed by atoms with Gasteiger partial charge >= 0.3 is 11.9 Å². The summed E-state index contributed by atoms with van der Waals surface area (Å²) >= 11 is 0. The smallest absolute Gasteiger partial charge is 0.396 e. The van der Waals surface area contributed by atoms with Gasteiger partial charge in [0.2, 0.25) is 0 Å². The Kier molecular flexibility index (Phi) is 10.6. The lowest BCUT2D eigenvalue weighted by molar-refractivity contribution is -0.154. The van der Waals surface area contributed by atoms with Crippen molar-refractivity contribution in [2.45, 2.75) is 19.8 Å². The van der Waals surface area contributed by atoms with Gasteiger partial charge in [0.05, 0.1) is 19.8 Å². The highest BCUT2D eigenvalue weighted by atomic mass is 16.5. The normalized spacial score (nSPS) is 10.0. The van der Waals surface area contributed by atoms with Crippen molar-refractivity contribution in [1.82, 2.24) is 5.32 Å². The Morgan fingerprint density at radius 3 is 2.53 bits per heavy atom. The lowest BCUT2D eigenvalue weighted by Crippen LogP contribution is -2.33. The van der Waals surface area contributed by atoms with E-state index in [-0.39, 0.29) is 6.61 Å². The highest BCUT2D eigenvalue weighted by molar-refractivity contribution is 6.32. The molecule has 0 aliphatic rings. The molecule has 0 aromatic heterocycles. The van der Waals surface area contributed by atoms with E-state index in [9.17, 15) is 9.59 Å². The van der Waals surface area contributed by atoms with Crippen LogP contribution in [0.5, 0.6) is 0 Å². The van der Waals surface area contributed by atoms with Crippen LogP contribution in [-0.2, 0) is 23.8 Å². The van der Waals surface area contributed by atoms with E-state index in [1.54, 1.807) is 14.0 Å². The number of hydrogen-bond acceptors (Lipinski definition) is 5. The van der Waals surface area contributed by atoms with Gasteiger partial charge in [0.1, 0.15) is 0 Å². The first-order valence-corrected chi connectivity index (χ1v) is 5.74. The molecule has 0 bridgehead atoms. The van der Waals surface area contributed by atoms with Gasteiger partial charge in [-0.05, 0) is 19.8 Å². The molecule has 0 fully saturated rings. The van der Waals surface area contributed by atoms with Crippen molar-refractivity contribution in [3.8, 4) is 0 Å². The number of rotatable bonds is 9. The van der Waals surface area contributed by atoms with Crippen LogP contribution in [0.15, 0.2) is 0 Å². The van der Waals surface area contributed by atoms with E-state index < -0.39 is 11.9 Å². The first kappa shape index (κ1) is 15.9. The third kappa shape index (κ3) is 9.77. The largest absolute Gasteiger partial charge is 0.459 e. The van der Waals surface area contributed by atoms with Crippen LogP contribution in [0, 0.1) is 0 Å². The summed E-state index contributed by atoms with van der Waals surface area (Å²) in [4.78, 5) is 22.0. The maximum atomic E-state index is 11.1. The molecule has 6 nitrogen and oxygen atoms in total. The van der Waals surface area contributed by atoms with E-state index in [4.69, 9.17) is 9.47 Å². The highest BCUT2D eigenvalue weighted by Crippen LogP contribution is 1.89. The fourth-order valence-corrected chi connectivity index (χ4v) is 1.04. The molecule has 0 atom stereocenters. The maximum Gasteiger partial charge on any atom is 0.396 e. The molecule has 0 aromatic carbocycles. The van der Waals surface area contributed by atoms with Gasteiger partial charge in [0, 0.05) is 20.3 Å². The Balaban J connectivity index is 3.27. The summed E-state index contributed by atoms with van der Waals surface area (Å²) in [5.41, 5.74) is 0. The molecule has 6 heteroatoms. The number of amides is 1. The van der Waals surface area contributed by atoms with Crippen LogP contribution in [0.3, 0.4) is 0 Å². The minimum atomic E-state index is -0.830. The fraction of sp³-hybridized carbons (Fsp3) is 0.818. The Bertz CT molecular complexity index is 220. The number of carbonyl (C=O) groups excluding carboxylic acids is 2. The van der Waals surface area contributed by atoms with E-state index in [2.05, 4.69) is 10.1 Å². The summed E-state index contributed by atoms with van der Waals surface area (Å²) in [6, 6.07) is 0. The standard InChI is InChI=1S/C11H21NO5/c1-3-17-11(14)10(13)12-6-4-5-7-16-9-8-15-2/h3-9H2,1-2H3,(H,12,13). The molecular formula is C11H21NO5. The lowest BCUT2D eigenvalue weighted by Gasteiger charge is -2.05. The molecule has 0 saturated carbocycles. The molecule has 17 heavy (non-hydrogen) atoms. The molecule has 100 valence electrons. The molecule has 0 aromatic rings. The molecule has 0 spiro atoms. The predicted molar refractivity (Wildman–Crippen MR) is 61.6 cm³/mol. The Morgan fingerprint density at radius 1 is 1.12 bits per heavy atom. The van der Waals surface area contributed by atoms with E-state index >= 15 is 0 Å². The molecule has 0 aliphatic carbocycles. The summed E-state index contributed by atoms with van der Waals surface area (Å²) in [5.74, 6) is -1.52. The first-order valence-electron chi connectivity index (χ1n) is 5.74. The summed E-state index contributed by atoms with van der Waals surface area (Å²) in [6.45, 7) is 4.09. The fourth-order valence-electron chi connectivity index (χ4n) is 1.04. The van der Waals surface area contributed by atoms with Gasteiger partial charge in [-0.25, -0.2) is 4.79 Å². The molecular weight excluding hydrogens is 226 g/mol. The number of methoxy groups -OCH3 is 1. The van der Waals surface area contributed by atoms with Crippen LogP contribution in [0.2, 0.25) is 0 Å². The van der Waals surface area contributed by atoms with E-state index in [1.807, 2.05) is 0 Å². The number of nitrogens with one attached hydrogen (secondary N) is 1. The molecule has 0 saturated heterocycles. The average molecular weight is 247 g/mol. The summed E-state index contributed by atoms with van der Waals surface area (Å²) in [5, 5.41) is 2.48. The van der Waals surface area contributed by atoms with E-state index in [0.717, 1.165) is 12.8 Å². The Labute approximate surface area is 102 Å². The van der Waals surface area contributed by atoms with Crippen molar-refractivity contribution in [3.05, 3.63) is 0 Å². The second kappa shape index (κ2) is 11.3. The third-order valence-electron chi connectivity index (χ3n) is 1.89.